The Labute approximate surface area is 125 Å². The first kappa shape index (κ1) is 15.3. The van der Waals surface area contributed by atoms with Crippen LogP contribution in [0.5, 0.6) is 5.75 Å². The second kappa shape index (κ2) is 6.11. The topological polar surface area (TPSA) is 95.5 Å². The van der Waals surface area contributed by atoms with Gasteiger partial charge in [-0.1, -0.05) is 15.9 Å². The molecule has 2 rings (SSSR count). The van der Waals surface area contributed by atoms with Crippen LogP contribution in [-0.2, 0) is 14.6 Å². The molecule has 1 saturated heterocycles. The summed E-state index contributed by atoms with van der Waals surface area (Å²) in [5.41, 5.74) is 0.294. The molecule has 0 aromatic heterocycles. The largest absolute Gasteiger partial charge is 0.506 e. The standard InChI is InChI=1S/C12H15BrN2O4S/c13-8-1-2-11(16)10(5-8)15-12(17)6-9-7-20(18,19)4-3-14-9/h1-2,5,9,14,16H,3-4,6-7H2,(H,15,17). The normalized spacial score (nSPS) is 21.4. The molecule has 1 unspecified atom stereocenters. The fraction of sp³-hybridized carbons (Fsp3) is 0.417. The van der Waals surface area contributed by atoms with E-state index in [-0.39, 0.29) is 35.6 Å². The Morgan fingerprint density at radius 2 is 2.25 bits per heavy atom. The molecule has 1 amide bonds. The molecule has 1 aliphatic heterocycles. The van der Waals surface area contributed by atoms with Crippen LogP contribution in [0, 0.1) is 0 Å². The van der Waals surface area contributed by atoms with E-state index in [1.807, 2.05) is 0 Å². The van der Waals surface area contributed by atoms with Gasteiger partial charge in [-0.05, 0) is 18.2 Å². The van der Waals surface area contributed by atoms with E-state index in [2.05, 4.69) is 26.6 Å². The number of hydrogen-bond acceptors (Lipinski definition) is 5. The molecule has 8 heteroatoms. The van der Waals surface area contributed by atoms with Gasteiger partial charge in [0.1, 0.15) is 5.75 Å². The van der Waals surface area contributed by atoms with Gasteiger partial charge < -0.3 is 15.7 Å². The van der Waals surface area contributed by atoms with Gasteiger partial charge in [0.2, 0.25) is 5.91 Å². The number of halogens is 1. The molecule has 110 valence electrons. The van der Waals surface area contributed by atoms with Crippen LogP contribution in [0.25, 0.3) is 0 Å². The van der Waals surface area contributed by atoms with E-state index >= 15 is 0 Å². The molecular weight excluding hydrogens is 348 g/mol. The predicted molar refractivity (Wildman–Crippen MR) is 79.5 cm³/mol. The minimum atomic E-state index is -3.06. The van der Waals surface area contributed by atoms with Crippen molar-refractivity contribution < 1.29 is 18.3 Å². The van der Waals surface area contributed by atoms with Crippen molar-refractivity contribution in [2.45, 2.75) is 12.5 Å². The Morgan fingerprint density at radius 1 is 1.50 bits per heavy atom. The zero-order chi connectivity index (χ0) is 14.8. The fourth-order valence-electron chi connectivity index (χ4n) is 2.03. The number of phenols is 1. The van der Waals surface area contributed by atoms with Crippen LogP contribution in [0.1, 0.15) is 6.42 Å². The highest BCUT2D eigenvalue weighted by Gasteiger charge is 2.26. The summed E-state index contributed by atoms with van der Waals surface area (Å²) in [6.07, 6.45) is 0.0468. The van der Waals surface area contributed by atoms with Gasteiger partial charge in [0.05, 0.1) is 17.2 Å². The summed E-state index contributed by atoms with van der Waals surface area (Å²) in [5, 5.41) is 15.2. The molecule has 0 radical (unpaired) electrons. The van der Waals surface area contributed by atoms with Crippen molar-refractivity contribution >= 4 is 37.4 Å². The summed E-state index contributed by atoms with van der Waals surface area (Å²) in [5.74, 6) is -0.304. The molecule has 1 aromatic rings. The Bertz CT molecular complexity index is 618. The number of hydrogen-bond donors (Lipinski definition) is 3. The van der Waals surface area contributed by atoms with Gasteiger partial charge in [-0.3, -0.25) is 4.79 Å². The van der Waals surface area contributed by atoms with Crippen LogP contribution in [-0.4, -0.2) is 43.5 Å². The minimum Gasteiger partial charge on any atom is -0.506 e. The first-order chi connectivity index (χ1) is 9.35. The fourth-order valence-corrected chi connectivity index (χ4v) is 3.84. The Hall–Kier alpha value is -1.12. The first-order valence-electron chi connectivity index (χ1n) is 6.08. The molecule has 1 fully saturated rings. The second-order valence-corrected chi connectivity index (χ2v) is 7.82. The first-order valence-corrected chi connectivity index (χ1v) is 8.69. The van der Waals surface area contributed by atoms with E-state index in [0.717, 1.165) is 4.47 Å². The molecule has 1 atom stereocenters. The summed E-state index contributed by atoms with van der Waals surface area (Å²) in [6, 6.07) is 4.31. The van der Waals surface area contributed by atoms with Gasteiger partial charge >= 0.3 is 0 Å². The lowest BCUT2D eigenvalue weighted by atomic mass is 10.2. The average Bonchev–Trinajstić information content (AvgIpc) is 2.32. The Morgan fingerprint density at radius 3 is 2.95 bits per heavy atom. The van der Waals surface area contributed by atoms with Crippen LogP contribution in [0.3, 0.4) is 0 Å². The van der Waals surface area contributed by atoms with Crippen molar-refractivity contribution in [3.63, 3.8) is 0 Å². The average molecular weight is 363 g/mol. The zero-order valence-corrected chi connectivity index (χ0v) is 13.0. The molecule has 0 bridgehead atoms. The number of amides is 1. The highest BCUT2D eigenvalue weighted by atomic mass is 79.9. The van der Waals surface area contributed by atoms with Gasteiger partial charge in [-0.2, -0.15) is 0 Å². The highest BCUT2D eigenvalue weighted by molar-refractivity contribution is 9.10. The number of rotatable bonds is 3. The van der Waals surface area contributed by atoms with Gasteiger partial charge in [-0.15, -0.1) is 0 Å². The molecule has 1 heterocycles. The second-order valence-electron chi connectivity index (χ2n) is 4.68. The monoisotopic (exact) mass is 362 g/mol. The molecule has 0 aliphatic carbocycles. The quantitative estimate of drug-likeness (QED) is 0.693. The van der Waals surface area contributed by atoms with Crippen molar-refractivity contribution in [2.75, 3.05) is 23.4 Å². The molecule has 0 spiro atoms. The number of nitrogens with one attached hydrogen (secondary N) is 2. The third-order valence-corrected chi connectivity index (χ3v) is 5.20. The van der Waals surface area contributed by atoms with Crippen LogP contribution >= 0.6 is 15.9 Å². The maximum absolute atomic E-state index is 11.9. The van der Waals surface area contributed by atoms with Crippen LogP contribution < -0.4 is 10.6 Å². The van der Waals surface area contributed by atoms with E-state index in [1.54, 1.807) is 12.1 Å². The van der Waals surface area contributed by atoms with Gasteiger partial charge in [-0.25, -0.2) is 8.42 Å². The van der Waals surface area contributed by atoms with E-state index in [0.29, 0.717) is 12.2 Å². The lowest BCUT2D eigenvalue weighted by molar-refractivity contribution is -0.116. The number of anilines is 1. The van der Waals surface area contributed by atoms with E-state index in [9.17, 15) is 18.3 Å². The molecule has 1 aliphatic rings. The number of sulfone groups is 1. The summed E-state index contributed by atoms with van der Waals surface area (Å²) in [4.78, 5) is 11.9. The number of aromatic hydroxyl groups is 1. The Kier molecular flexibility index (Phi) is 4.66. The van der Waals surface area contributed by atoms with Crippen LogP contribution in [0.15, 0.2) is 22.7 Å². The smallest absolute Gasteiger partial charge is 0.226 e. The lowest BCUT2D eigenvalue weighted by Crippen LogP contribution is -2.46. The minimum absolute atomic E-state index is 0.0363. The van der Waals surface area contributed by atoms with E-state index < -0.39 is 9.84 Å². The summed E-state index contributed by atoms with van der Waals surface area (Å²) >= 11 is 3.25. The van der Waals surface area contributed by atoms with Crippen molar-refractivity contribution in [1.82, 2.24) is 5.32 Å². The summed E-state index contributed by atoms with van der Waals surface area (Å²) in [6.45, 7) is 0.364. The molecule has 0 saturated carbocycles. The van der Waals surface area contributed by atoms with Crippen molar-refractivity contribution in [3.8, 4) is 5.75 Å². The summed E-state index contributed by atoms with van der Waals surface area (Å²) in [7, 11) is -3.06. The number of carbonyl (C=O) groups excluding carboxylic acids is 1. The third kappa shape index (κ3) is 4.19. The third-order valence-electron chi connectivity index (χ3n) is 2.97. The van der Waals surface area contributed by atoms with E-state index in [4.69, 9.17) is 0 Å². The number of phenolic OH excluding ortho intramolecular Hbond substituents is 1. The van der Waals surface area contributed by atoms with Crippen molar-refractivity contribution in [1.29, 1.82) is 0 Å². The van der Waals surface area contributed by atoms with Gasteiger partial charge in [0, 0.05) is 23.5 Å². The molecule has 3 N–H and O–H groups in total. The summed E-state index contributed by atoms with van der Waals surface area (Å²) < 4.78 is 23.7. The van der Waals surface area contributed by atoms with Gasteiger partial charge in [0.25, 0.3) is 0 Å². The molecule has 20 heavy (non-hydrogen) atoms. The predicted octanol–water partition coefficient (Wildman–Crippen LogP) is 0.870. The highest BCUT2D eigenvalue weighted by Crippen LogP contribution is 2.26. The number of benzene rings is 1. The molecule has 6 nitrogen and oxygen atoms in total. The van der Waals surface area contributed by atoms with Crippen molar-refractivity contribution in [2.24, 2.45) is 0 Å². The number of carbonyl (C=O) groups is 1. The molecular formula is C12H15BrN2O4S. The van der Waals surface area contributed by atoms with Crippen LogP contribution in [0.4, 0.5) is 5.69 Å². The lowest BCUT2D eigenvalue weighted by Gasteiger charge is -2.23. The van der Waals surface area contributed by atoms with Crippen molar-refractivity contribution in [3.05, 3.63) is 22.7 Å². The Balaban J connectivity index is 1.97. The molecule has 1 aromatic carbocycles. The van der Waals surface area contributed by atoms with Gasteiger partial charge in [0.15, 0.2) is 9.84 Å². The maximum atomic E-state index is 11.9. The van der Waals surface area contributed by atoms with Crippen LogP contribution in [0.2, 0.25) is 0 Å². The maximum Gasteiger partial charge on any atom is 0.226 e. The van der Waals surface area contributed by atoms with E-state index in [1.165, 1.54) is 6.07 Å². The SMILES string of the molecule is O=C(CC1CS(=O)(=O)CCN1)Nc1cc(Br)ccc1O. The zero-order valence-electron chi connectivity index (χ0n) is 10.6.